The summed E-state index contributed by atoms with van der Waals surface area (Å²) in [4.78, 5) is 32.2. The quantitative estimate of drug-likeness (QED) is 0.337. The minimum Gasteiger partial charge on any atom is -0.436 e. The molecule has 2 aromatic heterocycles. The van der Waals surface area contributed by atoms with Crippen LogP contribution in [0.25, 0.3) is 22.6 Å². The maximum absolute atomic E-state index is 13.6. The predicted molar refractivity (Wildman–Crippen MR) is 136 cm³/mol. The van der Waals surface area contributed by atoms with Crippen LogP contribution < -0.4 is 4.90 Å². The number of rotatable bonds is 6. The van der Waals surface area contributed by atoms with Crippen molar-refractivity contribution in [3.63, 3.8) is 0 Å². The molecule has 0 bridgehead atoms. The lowest BCUT2D eigenvalue weighted by Crippen LogP contribution is -2.49. The number of imide groups is 1. The second kappa shape index (κ2) is 8.95. The molecule has 2 aromatic carbocycles. The molecule has 0 radical (unpaired) electrons. The minimum atomic E-state index is -3.91. The highest BCUT2D eigenvalue weighted by molar-refractivity contribution is 7.91. The van der Waals surface area contributed by atoms with Crippen LogP contribution in [0.2, 0.25) is 0 Å². The highest BCUT2D eigenvalue weighted by Gasteiger charge is 2.50. The topological polar surface area (TPSA) is 101 Å². The van der Waals surface area contributed by atoms with Crippen LogP contribution in [0.1, 0.15) is 32.1 Å². The lowest BCUT2D eigenvalue weighted by Gasteiger charge is -2.31. The molecule has 2 fully saturated rings. The molecule has 1 saturated carbocycles. The Labute approximate surface area is 212 Å². The molecule has 1 aliphatic heterocycles. The largest absolute Gasteiger partial charge is 0.436 e. The number of hydrogen-bond donors (Lipinski definition) is 0. The average molecular weight is 522 g/mol. The molecule has 2 aliphatic rings. The molecular formula is C26H23N3O5S2. The fourth-order valence-electron chi connectivity index (χ4n) is 5.13. The van der Waals surface area contributed by atoms with Crippen LogP contribution in [0.3, 0.4) is 0 Å². The van der Waals surface area contributed by atoms with E-state index >= 15 is 0 Å². The lowest BCUT2D eigenvalue weighted by molar-refractivity contribution is -0.122. The van der Waals surface area contributed by atoms with Crippen LogP contribution in [0.4, 0.5) is 5.69 Å². The average Bonchev–Trinajstić information content (AvgIpc) is 3.68. The molecule has 3 heterocycles. The Morgan fingerprint density at radius 1 is 0.972 bits per heavy atom. The van der Waals surface area contributed by atoms with Crippen LogP contribution in [0.15, 0.2) is 74.7 Å². The molecule has 0 N–H and O–H groups in total. The first kappa shape index (κ1) is 23.1. The number of carbonyl (C=O) groups is 2. The van der Waals surface area contributed by atoms with Gasteiger partial charge in [-0.15, -0.1) is 11.3 Å². The normalized spacial score (nSPS) is 19.2. The number of benzene rings is 2. The molecule has 1 unspecified atom stereocenters. The molecule has 2 amide bonds. The number of hydrogen-bond acceptors (Lipinski definition) is 7. The van der Waals surface area contributed by atoms with Crippen LogP contribution >= 0.6 is 11.3 Å². The zero-order valence-corrected chi connectivity index (χ0v) is 20.9. The van der Waals surface area contributed by atoms with Crippen molar-refractivity contribution in [3.05, 3.63) is 66.0 Å². The van der Waals surface area contributed by atoms with Gasteiger partial charge >= 0.3 is 0 Å². The van der Waals surface area contributed by atoms with Gasteiger partial charge in [-0.3, -0.25) is 9.59 Å². The van der Waals surface area contributed by atoms with Gasteiger partial charge in [-0.2, -0.15) is 4.31 Å². The summed E-state index contributed by atoms with van der Waals surface area (Å²) in [5, 5.41) is 1.70. The maximum Gasteiger partial charge on any atom is 0.253 e. The van der Waals surface area contributed by atoms with Crippen molar-refractivity contribution in [2.24, 2.45) is 0 Å². The molecule has 10 heteroatoms. The smallest absolute Gasteiger partial charge is 0.253 e. The van der Waals surface area contributed by atoms with Crippen LogP contribution in [-0.2, 0) is 19.6 Å². The molecule has 8 nitrogen and oxygen atoms in total. The van der Waals surface area contributed by atoms with E-state index < -0.39 is 27.9 Å². The molecule has 184 valence electrons. The number of fused-ring (bicyclic) bond motifs is 1. The van der Waals surface area contributed by atoms with Crippen molar-refractivity contribution in [2.45, 2.75) is 48.4 Å². The van der Waals surface area contributed by atoms with E-state index in [1.165, 1.54) is 4.31 Å². The zero-order valence-electron chi connectivity index (χ0n) is 19.2. The van der Waals surface area contributed by atoms with E-state index in [9.17, 15) is 18.0 Å². The first-order chi connectivity index (χ1) is 17.4. The number of thiophene rings is 1. The van der Waals surface area contributed by atoms with Crippen molar-refractivity contribution in [3.8, 4) is 11.5 Å². The Hall–Kier alpha value is -3.34. The van der Waals surface area contributed by atoms with Gasteiger partial charge in [0, 0.05) is 11.6 Å². The van der Waals surface area contributed by atoms with Gasteiger partial charge in [-0.05, 0) is 60.7 Å². The van der Waals surface area contributed by atoms with Gasteiger partial charge in [-0.25, -0.2) is 18.3 Å². The van der Waals surface area contributed by atoms with Gasteiger partial charge in [0.15, 0.2) is 5.58 Å². The Kier molecular flexibility index (Phi) is 5.74. The van der Waals surface area contributed by atoms with Crippen LogP contribution in [-0.4, -0.2) is 41.6 Å². The molecule has 1 saturated heterocycles. The SMILES string of the molecule is O=C1CC(N(C2CCCC2)S(=O)(=O)c2cccs2)C(=O)N1c1ccc(-c2nc3ccccc3o2)cc1. The molecule has 4 aromatic rings. The number of anilines is 1. The number of nitrogens with zero attached hydrogens (tertiary/aromatic N) is 3. The van der Waals surface area contributed by atoms with Gasteiger partial charge in [0.05, 0.1) is 12.1 Å². The predicted octanol–water partition coefficient (Wildman–Crippen LogP) is 4.82. The van der Waals surface area contributed by atoms with Gasteiger partial charge in [0.2, 0.25) is 11.8 Å². The molecule has 1 atom stereocenters. The van der Waals surface area contributed by atoms with Crippen molar-refractivity contribution in [1.29, 1.82) is 0 Å². The third-order valence-electron chi connectivity index (χ3n) is 6.81. The van der Waals surface area contributed by atoms with Gasteiger partial charge in [0.1, 0.15) is 15.8 Å². The Morgan fingerprint density at radius 3 is 2.42 bits per heavy atom. The standard InChI is InChI=1S/C26H23N3O5S2/c30-23-16-21(29(19-6-1-2-7-19)36(32,33)24-10-5-15-35-24)26(31)28(23)18-13-11-17(12-14-18)25-27-20-8-3-4-9-22(20)34-25/h3-5,8-15,19,21H,1-2,6-7,16H2. The second-order valence-electron chi connectivity index (χ2n) is 9.03. The van der Waals surface area contributed by atoms with Crippen LogP contribution in [0, 0.1) is 0 Å². The zero-order chi connectivity index (χ0) is 24.9. The summed E-state index contributed by atoms with van der Waals surface area (Å²) < 4.78 is 34.5. The molecule has 6 rings (SSSR count). The number of aromatic nitrogens is 1. The number of carbonyl (C=O) groups excluding carboxylic acids is 2. The van der Waals surface area contributed by atoms with Crippen LogP contribution in [0.5, 0.6) is 0 Å². The summed E-state index contributed by atoms with van der Waals surface area (Å²) in [5.41, 5.74) is 2.51. The van der Waals surface area contributed by atoms with Crippen molar-refractivity contribution < 1.29 is 22.4 Å². The Balaban J connectivity index is 1.30. The Morgan fingerprint density at radius 2 is 1.72 bits per heavy atom. The summed E-state index contributed by atoms with van der Waals surface area (Å²) in [6.45, 7) is 0. The third kappa shape index (κ3) is 3.85. The summed E-state index contributed by atoms with van der Waals surface area (Å²) in [7, 11) is -3.91. The number of oxazole rings is 1. The lowest BCUT2D eigenvalue weighted by atomic mass is 10.1. The molecule has 0 spiro atoms. The van der Waals surface area contributed by atoms with E-state index in [0.29, 0.717) is 35.6 Å². The number of amides is 2. The maximum atomic E-state index is 13.6. The van der Waals surface area contributed by atoms with E-state index in [0.717, 1.165) is 34.6 Å². The Bertz CT molecular complexity index is 1500. The molecule has 1 aliphatic carbocycles. The van der Waals surface area contributed by atoms with Gasteiger partial charge < -0.3 is 4.42 Å². The summed E-state index contributed by atoms with van der Waals surface area (Å²) in [6.07, 6.45) is 2.99. The first-order valence-corrected chi connectivity index (χ1v) is 14.2. The first-order valence-electron chi connectivity index (χ1n) is 11.8. The fraction of sp³-hybridized carbons (Fsp3) is 0.269. The highest BCUT2D eigenvalue weighted by Crippen LogP contribution is 2.37. The van der Waals surface area contributed by atoms with E-state index in [4.69, 9.17) is 4.42 Å². The number of sulfonamides is 1. The number of para-hydroxylation sites is 2. The van der Waals surface area contributed by atoms with E-state index in [1.54, 1.807) is 41.8 Å². The third-order valence-corrected chi connectivity index (χ3v) is 10.1. The second-order valence-corrected chi connectivity index (χ2v) is 12.0. The van der Waals surface area contributed by atoms with Gasteiger partial charge in [0.25, 0.3) is 15.9 Å². The van der Waals surface area contributed by atoms with Crippen molar-refractivity contribution in [2.75, 3.05) is 4.90 Å². The van der Waals surface area contributed by atoms with E-state index in [2.05, 4.69) is 4.98 Å². The minimum absolute atomic E-state index is 0.174. The van der Waals surface area contributed by atoms with E-state index in [1.807, 2.05) is 24.3 Å². The summed E-state index contributed by atoms with van der Waals surface area (Å²) in [5.74, 6) is -0.486. The van der Waals surface area contributed by atoms with E-state index in [-0.39, 0.29) is 16.7 Å². The highest BCUT2D eigenvalue weighted by atomic mass is 32.2. The van der Waals surface area contributed by atoms with Crippen molar-refractivity contribution in [1.82, 2.24) is 9.29 Å². The molecule has 36 heavy (non-hydrogen) atoms. The molecular weight excluding hydrogens is 498 g/mol. The summed E-state index contributed by atoms with van der Waals surface area (Å²) in [6, 6.07) is 16.1. The van der Waals surface area contributed by atoms with Gasteiger partial charge in [-0.1, -0.05) is 31.0 Å². The van der Waals surface area contributed by atoms with Crippen molar-refractivity contribution >= 4 is 50.0 Å². The fourth-order valence-corrected chi connectivity index (χ4v) is 8.05. The summed E-state index contributed by atoms with van der Waals surface area (Å²) >= 11 is 1.12. The monoisotopic (exact) mass is 521 g/mol.